The van der Waals surface area contributed by atoms with Gasteiger partial charge in [-0.15, -0.1) is 0 Å². The summed E-state index contributed by atoms with van der Waals surface area (Å²) in [7, 11) is 1.68. The van der Waals surface area contributed by atoms with Gasteiger partial charge in [-0.25, -0.2) is 4.98 Å². The Hall–Kier alpha value is -3.03. The number of aliphatic hydroxyl groups is 1. The van der Waals surface area contributed by atoms with Crippen LogP contribution in [0.4, 0.5) is 0 Å². The number of ether oxygens (including phenoxy) is 3. The molecule has 1 saturated heterocycles. The van der Waals surface area contributed by atoms with Crippen LogP contribution in [0.25, 0.3) is 0 Å². The fourth-order valence-electron chi connectivity index (χ4n) is 4.37. The van der Waals surface area contributed by atoms with Crippen LogP contribution in [0.1, 0.15) is 36.2 Å². The monoisotopic (exact) mass is 479 g/mol. The number of imidazole rings is 1. The highest BCUT2D eigenvalue weighted by molar-refractivity contribution is 5.43. The number of benzene rings is 2. The van der Waals surface area contributed by atoms with E-state index in [0.29, 0.717) is 26.1 Å². The van der Waals surface area contributed by atoms with Gasteiger partial charge in [0.25, 0.3) is 0 Å². The molecular weight excluding hydrogens is 442 g/mol. The van der Waals surface area contributed by atoms with Gasteiger partial charge in [-0.3, -0.25) is 4.90 Å². The van der Waals surface area contributed by atoms with E-state index in [1.807, 2.05) is 49.6 Å². The van der Waals surface area contributed by atoms with E-state index in [0.717, 1.165) is 55.7 Å². The van der Waals surface area contributed by atoms with Crippen LogP contribution >= 0.6 is 0 Å². The molecule has 0 atom stereocenters. The number of rotatable bonds is 11. The Morgan fingerprint density at radius 1 is 1.00 bits per heavy atom. The van der Waals surface area contributed by atoms with Crippen molar-refractivity contribution in [3.63, 3.8) is 0 Å². The van der Waals surface area contributed by atoms with Crippen LogP contribution in [0.15, 0.2) is 54.9 Å². The summed E-state index contributed by atoms with van der Waals surface area (Å²) in [6.07, 6.45) is 6.08. The highest BCUT2D eigenvalue weighted by atomic mass is 16.5. The minimum atomic E-state index is -0.786. The fraction of sp³-hybridized carbons (Fsp3) is 0.464. The Bertz CT molecular complexity index is 1070. The SMILES string of the molecule is COc1cc(CN2CCC(O)(COc3ccc(C)cc3)CC2)ccc1OCCCn1ccnc1C. The zero-order chi connectivity index (χ0) is 24.7. The number of aromatic nitrogens is 2. The van der Waals surface area contributed by atoms with E-state index in [2.05, 4.69) is 33.5 Å². The first-order valence-corrected chi connectivity index (χ1v) is 12.4. The molecular formula is C28H37N3O4. The Morgan fingerprint density at radius 3 is 2.46 bits per heavy atom. The van der Waals surface area contributed by atoms with Gasteiger partial charge in [0.2, 0.25) is 0 Å². The molecule has 0 amide bonds. The van der Waals surface area contributed by atoms with Gasteiger partial charge in [0.05, 0.1) is 13.7 Å². The molecule has 35 heavy (non-hydrogen) atoms. The molecule has 2 aromatic carbocycles. The van der Waals surface area contributed by atoms with Gasteiger partial charge >= 0.3 is 0 Å². The average Bonchev–Trinajstić information content (AvgIpc) is 3.28. The topological polar surface area (TPSA) is 69.0 Å². The van der Waals surface area contributed by atoms with Crippen LogP contribution < -0.4 is 14.2 Å². The van der Waals surface area contributed by atoms with Crippen LogP contribution in [0.3, 0.4) is 0 Å². The lowest BCUT2D eigenvalue weighted by Crippen LogP contribution is -2.47. The van der Waals surface area contributed by atoms with Gasteiger partial charge in [0.1, 0.15) is 23.8 Å². The Balaban J connectivity index is 1.23. The minimum Gasteiger partial charge on any atom is -0.493 e. The van der Waals surface area contributed by atoms with Gasteiger partial charge in [0.15, 0.2) is 11.5 Å². The van der Waals surface area contributed by atoms with Crippen molar-refractivity contribution in [1.29, 1.82) is 0 Å². The zero-order valence-electron chi connectivity index (χ0n) is 21.1. The first-order chi connectivity index (χ1) is 16.9. The van der Waals surface area contributed by atoms with E-state index in [-0.39, 0.29) is 0 Å². The maximum absolute atomic E-state index is 11.0. The largest absolute Gasteiger partial charge is 0.493 e. The van der Waals surface area contributed by atoms with E-state index in [1.54, 1.807) is 7.11 Å². The molecule has 1 N–H and O–H groups in total. The summed E-state index contributed by atoms with van der Waals surface area (Å²) in [4.78, 5) is 6.61. The van der Waals surface area contributed by atoms with Gasteiger partial charge in [-0.2, -0.15) is 0 Å². The first-order valence-electron chi connectivity index (χ1n) is 12.4. The summed E-state index contributed by atoms with van der Waals surface area (Å²) in [5.41, 5.74) is 1.58. The van der Waals surface area contributed by atoms with Crippen LogP contribution in [-0.2, 0) is 13.1 Å². The predicted octanol–water partition coefficient (Wildman–Crippen LogP) is 4.38. The van der Waals surface area contributed by atoms with E-state index in [4.69, 9.17) is 14.2 Å². The molecule has 0 radical (unpaired) electrons. The van der Waals surface area contributed by atoms with Crippen molar-refractivity contribution in [1.82, 2.24) is 14.5 Å². The molecule has 2 heterocycles. The van der Waals surface area contributed by atoms with Crippen molar-refractivity contribution in [3.05, 3.63) is 71.8 Å². The maximum atomic E-state index is 11.0. The molecule has 4 rings (SSSR count). The standard InChI is InChI=1S/C28H37N3O4/c1-22-5-8-25(9-6-22)35-21-28(32)11-15-30(16-12-28)20-24-7-10-26(27(19-24)33-3)34-18-4-14-31-17-13-29-23(31)2/h5-10,13,17,19,32H,4,11-12,14-16,18,20-21H2,1-3H3. The number of aryl methyl sites for hydroxylation is 3. The Kier molecular flexibility index (Phi) is 8.31. The number of piperidine rings is 1. The quantitative estimate of drug-likeness (QED) is 0.412. The Morgan fingerprint density at radius 2 is 1.77 bits per heavy atom. The third-order valence-electron chi connectivity index (χ3n) is 6.67. The Labute approximate surface area is 208 Å². The van der Waals surface area contributed by atoms with Gasteiger partial charge < -0.3 is 23.9 Å². The highest BCUT2D eigenvalue weighted by Crippen LogP contribution is 2.30. The second-order valence-electron chi connectivity index (χ2n) is 9.46. The third-order valence-corrected chi connectivity index (χ3v) is 6.67. The molecule has 7 heteroatoms. The number of nitrogens with zero attached hydrogens (tertiary/aromatic N) is 3. The molecule has 188 valence electrons. The number of hydrogen-bond donors (Lipinski definition) is 1. The second-order valence-corrected chi connectivity index (χ2v) is 9.46. The first kappa shape index (κ1) is 25.1. The molecule has 0 bridgehead atoms. The van der Waals surface area contributed by atoms with Crippen LogP contribution in [0.5, 0.6) is 17.2 Å². The lowest BCUT2D eigenvalue weighted by atomic mass is 9.92. The smallest absolute Gasteiger partial charge is 0.161 e. The molecule has 1 fully saturated rings. The van der Waals surface area contributed by atoms with Crippen molar-refractivity contribution < 1.29 is 19.3 Å². The lowest BCUT2D eigenvalue weighted by Gasteiger charge is -2.38. The summed E-state index contributed by atoms with van der Waals surface area (Å²) >= 11 is 0. The van der Waals surface area contributed by atoms with Crippen molar-refractivity contribution in [2.45, 2.75) is 51.8 Å². The van der Waals surface area contributed by atoms with Crippen LogP contribution in [0.2, 0.25) is 0 Å². The van der Waals surface area contributed by atoms with Crippen LogP contribution in [0, 0.1) is 13.8 Å². The minimum absolute atomic E-state index is 0.324. The molecule has 1 aliphatic rings. The molecule has 1 aromatic heterocycles. The fourth-order valence-corrected chi connectivity index (χ4v) is 4.37. The van der Waals surface area contributed by atoms with E-state index >= 15 is 0 Å². The molecule has 0 saturated carbocycles. The maximum Gasteiger partial charge on any atom is 0.161 e. The molecule has 0 aliphatic carbocycles. The van der Waals surface area contributed by atoms with E-state index in [9.17, 15) is 5.11 Å². The van der Waals surface area contributed by atoms with Crippen molar-refractivity contribution >= 4 is 0 Å². The normalized spacial score (nSPS) is 15.7. The molecule has 0 spiro atoms. The molecule has 7 nitrogen and oxygen atoms in total. The number of likely N-dealkylation sites (tertiary alicyclic amines) is 1. The third kappa shape index (κ3) is 6.99. The summed E-state index contributed by atoms with van der Waals surface area (Å²) in [5.74, 6) is 3.33. The summed E-state index contributed by atoms with van der Waals surface area (Å²) in [6.45, 7) is 8.32. The van der Waals surface area contributed by atoms with E-state index < -0.39 is 5.60 Å². The molecule has 3 aromatic rings. The lowest BCUT2D eigenvalue weighted by molar-refractivity contribution is -0.0537. The van der Waals surface area contributed by atoms with Crippen molar-refractivity contribution in [2.75, 3.05) is 33.4 Å². The summed E-state index contributed by atoms with van der Waals surface area (Å²) in [6, 6.07) is 14.1. The summed E-state index contributed by atoms with van der Waals surface area (Å²) in [5, 5.41) is 11.0. The number of methoxy groups -OCH3 is 1. The van der Waals surface area contributed by atoms with Crippen molar-refractivity contribution in [2.24, 2.45) is 0 Å². The van der Waals surface area contributed by atoms with Gasteiger partial charge in [-0.1, -0.05) is 23.8 Å². The summed E-state index contributed by atoms with van der Waals surface area (Å²) < 4.78 is 19.6. The predicted molar refractivity (Wildman–Crippen MR) is 136 cm³/mol. The van der Waals surface area contributed by atoms with Crippen LogP contribution in [-0.4, -0.2) is 58.6 Å². The highest BCUT2D eigenvalue weighted by Gasteiger charge is 2.33. The van der Waals surface area contributed by atoms with Crippen molar-refractivity contribution in [3.8, 4) is 17.2 Å². The molecule has 1 aliphatic heterocycles. The average molecular weight is 480 g/mol. The van der Waals surface area contributed by atoms with E-state index in [1.165, 1.54) is 11.1 Å². The second kappa shape index (κ2) is 11.6. The number of hydrogen-bond acceptors (Lipinski definition) is 6. The molecule has 0 unspecified atom stereocenters. The van der Waals surface area contributed by atoms with Gasteiger partial charge in [0, 0.05) is 38.6 Å². The zero-order valence-corrected chi connectivity index (χ0v) is 21.1. The van der Waals surface area contributed by atoms with Gasteiger partial charge in [-0.05, 0) is 62.9 Å².